The number of carbonyl (C=O) groups is 2. The number of hydrogen-bond acceptors (Lipinski definition) is 5. The number of methoxy groups -OCH3 is 1. The molecule has 2 N–H and O–H groups in total. The molecular formula is C35H46FN3O5S. The number of carboxylic acid groups (broad SMARTS) is 1. The molecular weight excluding hydrogens is 593 g/mol. The molecule has 0 saturated carbocycles. The van der Waals surface area contributed by atoms with Gasteiger partial charge in [-0.25, -0.2) is 4.39 Å². The van der Waals surface area contributed by atoms with Crippen molar-refractivity contribution in [3.8, 4) is 16.9 Å². The number of nitrogens with zero attached hydrogens (tertiary/aromatic N) is 2. The maximum Gasteiger partial charge on any atom is 0.305 e. The quantitative estimate of drug-likeness (QED) is 0.243. The number of halogens is 1. The summed E-state index contributed by atoms with van der Waals surface area (Å²) in [6, 6.07) is 8.36. The summed E-state index contributed by atoms with van der Waals surface area (Å²) >= 11 is 0. The minimum absolute atomic E-state index is 0. The molecule has 8 nitrogen and oxygen atoms in total. The van der Waals surface area contributed by atoms with Gasteiger partial charge in [0, 0.05) is 29.9 Å². The number of carbonyl (C=O) groups excluding carboxylic acids is 1. The topological polar surface area (TPSA) is 101 Å². The Morgan fingerprint density at radius 3 is 2.38 bits per heavy atom. The lowest BCUT2D eigenvalue weighted by atomic mass is 9.92. The Kier molecular flexibility index (Phi) is 12.4. The maximum atomic E-state index is 15.8. The summed E-state index contributed by atoms with van der Waals surface area (Å²) in [7, 11) is 1.56. The van der Waals surface area contributed by atoms with Crippen LogP contribution >= 0.6 is 13.5 Å². The Balaban J connectivity index is 0.00000552. The van der Waals surface area contributed by atoms with Gasteiger partial charge in [0.2, 0.25) is 5.91 Å². The highest BCUT2D eigenvalue weighted by molar-refractivity contribution is 7.59. The van der Waals surface area contributed by atoms with E-state index in [2.05, 4.69) is 10.2 Å². The molecule has 2 atom stereocenters. The van der Waals surface area contributed by atoms with Crippen molar-refractivity contribution in [2.75, 3.05) is 26.7 Å². The second kappa shape index (κ2) is 15.6. The van der Waals surface area contributed by atoms with Crippen molar-refractivity contribution in [1.29, 1.82) is 0 Å². The Hall–Kier alpha value is -3.63. The summed E-state index contributed by atoms with van der Waals surface area (Å²) in [5, 5.41) is 12.6. The smallest absolute Gasteiger partial charge is 0.305 e. The SMILES string of the molecule is COc1cccc(C)c1-c1cc(C)c(F)c([C@H](CC(=O)O)NC(=O)C(CC(C)C)n2cc(CCN3CCC3)c(C)cc2=O)c1.S. The first-order chi connectivity index (χ1) is 20.9. The fourth-order valence-electron chi connectivity index (χ4n) is 5.93. The van der Waals surface area contributed by atoms with E-state index >= 15 is 4.39 Å². The third kappa shape index (κ3) is 8.55. The Morgan fingerprint density at radius 1 is 1.07 bits per heavy atom. The number of pyridine rings is 1. The molecule has 1 aromatic heterocycles. The number of nitrogens with one attached hydrogen (secondary N) is 1. The van der Waals surface area contributed by atoms with Gasteiger partial charge in [0.25, 0.3) is 5.56 Å². The lowest BCUT2D eigenvalue weighted by Gasteiger charge is -2.31. The highest BCUT2D eigenvalue weighted by Crippen LogP contribution is 2.37. The summed E-state index contributed by atoms with van der Waals surface area (Å²) < 4.78 is 22.8. The average Bonchev–Trinajstić information content (AvgIpc) is 2.92. The van der Waals surface area contributed by atoms with Crippen molar-refractivity contribution in [3.05, 3.63) is 86.6 Å². The summed E-state index contributed by atoms with van der Waals surface area (Å²) in [4.78, 5) is 41.6. The lowest BCUT2D eigenvalue weighted by Crippen LogP contribution is -2.41. The second-order valence-corrected chi connectivity index (χ2v) is 12.3. The van der Waals surface area contributed by atoms with Crippen LogP contribution in [-0.2, 0) is 16.0 Å². The van der Waals surface area contributed by atoms with Gasteiger partial charge < -0.3 is 24.6 Å². The van der Waals surface area contributed by atoms with Crippen LogP contribution in [0.4, 0.5) is 4.39 Å². The number of ether oxygens (including phenoxy) is 1. The van der Waals surface area contributed by atoms with Gasteiger partial charge in [0.05, 0.1) is 19.6 Å². The molecule has 1 aliphatic heterocycles. The maximum absolute atomic E-state index is 15.8. The molecule has 244 valence electrons. The van der Waals surface area contributed by atoms with Crippen LogP contribution in [0.2, 0.25) is 0 Å². The molecule has 2 heterocycles. The van der Waals surface area contributed by atoms with Gasteiger partial charge in [-0.2, -0.15) is 13.5 Å². The molecule has 10 heteroatoms. The number of aromatic nitrogens is 1. The van der Waals surface area contributed by atoms with Gasteiger partial charge >= 0.3 is 5.97 Å². The van der Waals surface area contributed by atoms with E-state index in [4.69, 9.17) is 4.74 Å². The van der Waals surface area contributed by atoms with E-state index in [9.17, 15) is 19.5 Å². The Bertz CT molecular complexity index is 1580. The lowest BCUT2D eigenvalue weighted by molar-refractivity contribution is -0.138. The standard InChI is InChI=1S/C35H44FN3O5.H2S/c1-21(2)15-29(39-20-25(23(4)17-31(39)40)11-14-38-12-8-13-38)35(43)37-28(19-32(41)42)27-18-26(16-24(5)34(27)36)33-22(3)9-7-10-30(33)44-6;/h7,9-10,16-18,20-21,28-29H,8,11-15,19H2,1-6H3,(H,37,43)(H,41,42);1H2/t28-,29?;/m0./s1. The van der Waals surface area contributed by atoms with Crippen LogP contribution in [-0.4, -0.2) is 53.2 Å². The number of amides is 1. The highest BCUT2D eigenvalue weighted by atomic mass is 32.1. The van der Waals surface area contributed by atoms with Crippen LogP contribution in [0.1, 0.15) is 73.0 Å². The van der Waals surface area contributed by atoms with E-state index in [1.807, 2.05) is 45.9 Å². The number of aryl methyl sites for hydroxylation is 3. The number of aliphatic carboxylic acids is 1. The summed E-state index contributed by atoms with van der Waals surface area (Å²) in [6.07, 6.45) is 3.53. The largest absolute Gasteiger partial charge is 0.496 e. The number of benzene rings is 2. The minimum atomic E-state index is -1.19. The molecule has 1 aliphatic rings. The van der Waals surface area contributed by atoms with Gasteiger partial charge in [0.1, 0.15) is 17.6 Å². The Morgan fingerprint density at radius 2 is 1.78 bits per heavy atom. The summed E-state index contributed by atoms with van der Waals surface area (Å²) in [5.41, 5.74) is 4.25. The van der Waals surface area contributed by atoms with Crippen molar-refractivity contribution in [3.63, 3.8) is 0 Å². The fraction of sp³-hybridized carbons (Fsp3) is 0.457. The normalized spacial score (nSPS) is 14.3. The van der Waals surface area contributed by atoms with Crippen molar-refractivity contribution in [2.24, 2.45) is 5.92 Å². The van der Waals surface area contributed by atoms with Crippen LogP contribution in [0.15, 0.2) is 47.4 Å². The zero-order valence-corrected chi connectivity index (χ0v) is 28.1. The second-order valence-electron chi connectivity index (χ2n) is 12.3. The average molecular weight is 640 g/mol. The van der Waals surface area contributed by atoms with Crippen LogP contribution in [0, 0.1) is 32.5 Å². The third-order valence-corrected chi connectivity index (χ3v) is 8.47. The molecule has 0 aliphatic carbocycles. The Labute approximate surface area is 272 Å². The molecule has 1 saturated heterocycles. The van der Waals surface area contributed by atoms with E-state index in [0.717, 1.165) is 48.3 Å². The van der Waals surface area contributed by atoms with Crippen LogP contribution < -0.4 is 15.6 Å². The fourth-order valence-corrected chi connectivity index (χ4v) is 5.93. The van der Waals surface area contributed by atoms with Crippen LogP contribution in [0.5, 0.6) is 5.75 Å². The molecule has 0 radical (unpaired) electrons. The van der Waals surface area contributed by atoms with Gasteiger partial charge in [0.15, 0.2) is 0 Å². The molecule has 1 amide bonds. The summed E-state index contributed by atoms with van der Waals surface area (Å²) in [5.74, 6) is -1.65. The van der Waals surface area contributed by atoms with E-state index in [1.165, 1.54) is 11.0 Å². The van der Waals surface area contributed by atoms with Gasteiger partial charge in [-0.1, -0.05) is 26.0 Å². The molecule has 0 spiro atoms. The van der Waals surface area contributed by atoms with E-state index < -0.39 is 36.2 Å². The first-order valence-corrected chi connectivity index (χ1v) is 15.3. The van der Waals surface area contributed by atoms with Gasteiger partial charge in [-0.15, -0.1) is 0 Å². The number of likely N-dealkylation sites (tertiary alicyclic amines) is 1. The molecule has 1 fully saturated rings. The highest BCUT2D eigenvalue weighted by Gasteiger charge is 2.29. The van der Waals surface area contributed by atoms with Gasteiger partial charge in [-0.3, -0.25) is 14.4 Å². The molecule has 0 bridgehead atoms. The van der Waals surface area contributed by atoms with Crippen molar-refractivity contribution < 1.29 is 23.8 Å². The first-order valence-electron chi connectivity index (χ1n) is 15.3. The third-order valence-electron chi connectivity index (χ3n) is 8.47. The first kappa shape index (κ1) is 35.8. The predicted molar refractivity (Wildman–Crippen MR) is 180 cm³/mol. The summed E-state index contributed by atoms with van der Waals surface area (Å²) in [6.45, 7) is 12.4. The molecule has 45 heavy (non-hydrogen) atoms. The number of carboxylic acids is 1. The van der Waals surface area contributed by atoms with Crippen LogP contribution in [0.3, 0.4) is 0 Å². The van der Waals surface area contributed by atoms with Crippen molar-refractivity contribution in [2.45, 2.75) is 72.4 Å². The molecule has 4 rings (SSSR count). The van der Waals surface area contributed by atoms with E-state index in [1.54, 1.807) is 38.4 Å². The monoisotopic (exact) mass is 639 g/mol. The van der Waals surface area contributed by atoms with E-state index in [0.29, 0.717) is 23.3 Å². The van der Waals surface area contributed by atoms with Gasteiger partial charge in [-0.05, 0) is 105 Å². The molecule has 1 unspecified atom stereocenters. The molecule has 2 aromatic carbocycles. The number of hydrogen-bond donors (Lipinski definition) is 2. The zero-order valence-electron chi connectivity index (χ0n) is 27.1. The van der Waals surface area contributed by atoms with E-state index in [-0.39, 0.29) is 30.5 Å². The molecule has 3 aromatic rings. The van der Waals surface area contributed by atoms with Crippen molar-refractivity contribution in [1.82, 2.24) is 14.8 Å². The number of rotatable bonds is 13. The van der Waals surface area contributed by atoms with Crippen molar-refractivity contribution >= 4 is 25.4 Å². The minimum Gasteiger partial charge on any atom is -0.496 e. The van der Waals surface area contributed by atoms with Crippen LogP contribution in [0.25, 0.3) is 11.1 Å². The predicted octanol–water partition coefficient (Wildman–Crippen LogP) is 5.87. The zero-order chi connectivity index (χ0) is 32.1.